The Labute approximate surface area is 136 Å². The Hall–Kier alpha value is -3.18. The molecule has 5 heteroatoms. The molecule has 0 atom stereocenters. The van der Waals surface area contributed by atoms with Crippen molar-refractivity contribution < 1.29 is 0 Å². The van der Waals surface area contributed by atoms with E-state index >= 15 is 0 Å². The van der Waals surface area contributed by atoms with Gasteiger partial charge in [-0.2, -0.15) is 20.8 Å². The summed E-state index contributed by atoms with van der Waals surface area (Å²) in [7, 11) is 0. The Morgan fingerprint density at radius 3 is 1.96 bits per heavy atom. The highest BCUT2D eigenvalue weighted by Gasteiger charge is 2.03. The first kappa shape index (κ1) is 16.2. The van der Waals surface area contributed by atoms with Gasteiger partial charge in [-0.25, -0.2) is 0 Å². The summed E-state index contributed by atoms with van der Waals surface area (Å²) < 4.78 is 0. The summed E-state index contributed by atoms with van der Waals surface area (Å²) in [5.74, 6) is 0. The van der Waals surface area contributed by atoms with E-state index in [9.17, 15) is 0 Å². The lowest BCUT2D eigenvalue weighted by atomic mass is 10.1. The van der Waals surface area contributed by atoms with E-state index in [1.54, 1.807) is 18.2 Å². The minimum absolute atomic E-state index is 0.306. The molecule has 0 unspecified atom stereocenters. The molecule has 114 valence electrons. The second kappa shape index (κ2) is 7.72. The second-order valence-corrected chi connectivity index (χ2v) is 4.84. The molecule has 0 amide bonds. The number of anilines is 1. The van der Waals surface area contributed by atoms with Gasteiger partial charge in [-0.05, 0) is 56.3 Å². The Bertz CT molecular complexity index is 775. The monoisotopic (exact) mass is 303 g/mol. The SMILES string of the molecule is CCN(CC)c1ccc(N=Nc2ccc(C#N)c(C#N)c2)cc1. The van der Waals surface area contributed by atoms with Gasteiger partial charge in [0, 0.05) is 18.8 Å². The van der Waals surface area contributed by atoms with Gasteiger partial charge in [0.05, 0.1) is 22.5 Å². The summed E-state index contributed by atoms with van der Waals surface area (Å²) in [6.45, 7) is 6.16. The van der Waals surface area contributed by atoms with Gasteiger partial charge in [-0.1, -0.05) is 0 Å². The van der Waals surface area contributed by atoms with E-state index in [1.165, 1.54) is 0 Å². The molecule has 0 spiro atoms. The summed E-state index contributed by atoms with van der Waals surface area (Å²) in [5, 5.41) is 26.2. The Morgan fingerprint density at radius 1 is 0.826 bits per heavy atom. The molecule has 0 aliphatic carbocycles. The molecule has 0 aromatic heterocycles. The minimum atomic E-state index is 0.306. The van der Waals surface area contributed by atoms with Gasteiger partial charge in [0.1, 0.15) is 12.1 Å². The predicted octanol–water partition coefficient (Wildman–Crippen LogP) is 4.69. The molecule has 2 aromatic rings. The highest BCUT2D eigenvalue weighted by atomic mass is 15.1. The van der Waals surface area contributed by atoms with Crippen LogP contribution in [-0.4, -0.2) is 13.1 Å². The fraction of sp³-hybridized carbons (Fsp3) is 0.222. The zero-order valence-corrected chi connectivity index (χ0v) is 13.2. The summed E-state index contributed by atoms with van der Waals surface area (Å²) >= 11 is 0. The molecule has 0 heterocycles. The molecule has 0 saturated heterocycles. The summed E-state index contributed by atoms with van der Waals surface area (Å²) in [6, 6.07) is 16.6. The third-order valence-corrected chi connectivity index (χ3v) is 3.50. The van der Waals surface area contributed by atoms with E-state index in [-0.39, 0.29) is 0 Å². The molecule has 0 fully saturated rings. The number of nitrogens with zero attached hydrogens (tertiary/aromatic N) is 5. The standard InChI is InChI=1S/C18H17N5/c1-3-23(4-2)18-9-7-16(8-10-18)21-22-17-6-5-14(12-19)15(11-17)13-20/h5-11H,3-4H2,1-2H3. The van der Waals surface area contributed by atoms with Crippen molar-refractivity contribution in [1.82, 2.24) is 0 Å². The molecule has 0 aliphatic rings. The Balaban J connectivity index is 2.18. The highest BCUT2D eigenvalue weighted by molar-refractivity contribution is 5.55. The van der Waals surface area contributed by atoms with Crippen LogP contribution in [0.3, 0.4) is 0 Å². The normalized spacial score (nSPS) is 10.3. The van der Waals surface area contributed by atoms with Crippen LogP contribution in [0.2, 0.25) is 0 Å². The molecule has 0 bridgehead atoms. The first-order chi connectivity index (χ1) is 11.2. The second-order valence-electron chi connectivity index (χ2n) is 4.84. The number of hydrogen-bond acceptors (Lipinski definition) is 5. The van der Waals surface area contributed by atoms with E-state index in [0.29, 0.717) is 16.8 Å². The first-order valence-electron chi connectivity index (χ1n) is 7.42. The molecular formula is C18H17N5. The quantitative estimate of drug-likeness (QED) is 0.752. The van der Waals surface area contributed by atoms with Gasteiger partial charge in [-0.3, -0.25) is 0 Å². The number of hydrogen-bond donors (Lipinski definition) is 0. The topological polar surface area (TPSA) is 75.5 Å². The van der Waals surface area contributed by atoms with Crippen LogP contribution in [0.15, 0.2) is 52.7 Å². The Morgan fingerprint density at radius 2 is 1.39 bits per heavy atom. The smallest absolute Gasteiger partial charge is 0.101 e. The maximum atomic E-state index is 9.01. The third kappa shape index (κ3) is 3.93. The molecule has 2 rings (SSSR count). The van der Waals surface area contributed by atoms with Crippen LogP contribution in [-0.2, 0) is 0 Å². The van der Waals surface area contributed by atoms with Gasteiger partial charge in [-0.15, -0.1) is 0 Å². The van der Waals surface area contributed by atoms with Crippen molar-refractivity contribution >= 4 is 17.1 Å². The average Bonchev–Trinajstić information content (AvgIpc) is 2.61. The van der Waals surface area contributed by atoms with Crippen LogP contribution < -0.4 is 4.90 Å². The highest BCUT2D eigenvalue weighted by Crippen LogP contribution is 2.23. The molecule has 5 nitrogen and oxygen atoms in total. The number of rotatable bonds is 5. The van der Waals surface area contributed by atoms with Crippen molar-refractivity contribution in [1.29, 1.82) is 10.5 Å². The molecule has 0 saturated carbocycles. The predicted molar refractivity (Wildman–Crippen MR) is 90.1 cm³/mol. The Kier molecular flexibility index (Phi) is 5.44. The van der Waals surface area contributed by atoms with Gasteiger partial charge >= 0.3 is 0 Å². The number of azo groups is 1. The van der Waals surface area contributed by atoms with Gasteiger partial charge in [0.25, 0.3) is 0 Å². The molecular weight excluding hydrogens is 286 g/mol. The zero-order valence-electron chi connectivity index (χ0n) is 13.2. The zero-order chi connectivity index (χ0) is 16.7. The minimum Gasteiger partial charge on any atom is -0.372 e. The van der Waals surface area contributed by atoms with Crippen LogP contribution in [0.4, 0.5) is 17.1 Å². The summed E-state index contributed by atoms with van der Waals surface area (Å²) in [6.07, 6.45) is 0. The summed E-state index contributed by atoms with van der Waals surface area (Å²) in [4.78, 5) is 2.25. The maximum Gasteiger partial charge on any atom is 0.101 e. The third-order valence-electron chi connectivity index (χ3n) is 3.50. The van der Waals surface area contributed by atoms with E-state index in [0.717, 1.165) is 24.5 Å². The fourth-order valence-corrected chi connectivity index (χ4v) is 2.22. The largest absolute Gasteiger partial charge is 0.372 e. The van der Waals surface area contributed by atoms with E-state index in [4.69, 9.17) is 10.5 Å². The van der Waals surface area contributed by atoms with Crippen LogP contribution in [0.1, 0.15) is 25.0 Å². The summed E-state index contributed by atoms with van der Waals surface area (Å²) in [5.41, 5.74) is 3.09. The van der Waals surface area contributed by atoms with E-state index in [1.807, 2.05) is 36.4 Å². The van der Waals surface area contributed by atoms with Crippen LogP contribution in [0, 0.1) is 22.7 Å². The van der Waals surface area contributed by atoms with E-state index < -0.39 is 0 Å². The van der Waals surface area contributed by atoms with Crippen molar-refractivity contribution in [2.45, 2.75) is 13.8 Å². The van der Waals surface area contributed by atoms with Gasteiger partial charge in [0.2, 0.25) is 0 Å². The number of nitriles is 2. The van der Waals surface area contributed by atoms with Gasteiger partial charge in [0.15, 0.2) is 0 Å². The maximum absolute atomic E-state index is 9.01. The molecule has 2 aromatic carbocycles. The molecule has 0 N–H and O–H groups in total. The number of benzene rings is 2. The molecule has 0 aliphatic heterocycles. The molecule has 0 radical (unpaired) electrons. The average molecular weight is 303 g/mol. The van der Waals surface area contributed by atoms with Crippen LogP contribution >= 0.6 is 0 Å². The van der Waals surface area contributed by atoms with Crippen molar-refractivity contribution in [2.75, 3.05) is 18.0 Å². The van der Waals surface area contributed by atoms with Crippen molar-refractivity contribution in [3.05, 3.63) is 53.6 Å². The van der Waals surface area contributed by atoms with E-state index in [2.05, 4.69) is 29.0 Å². The van der Waals surface area contributed by atoms with Gasteiger partial charge < -0.3 is 4.90 Å². The van der Waals surface area contributed by atoms with Crippen LogP contribution in [0.5, 0.6) is 0 Å². The lowest BCUT2D eigenvalue weighted by Crippen LogP contribution is -2.21. The van der Waals surface area contributed by atoms with Crippen molar-refractivity contribution in [2.24, 2.45) is 10.2 Å². The molecule has 23 heavy (non-hydrogen) atoms. The van der Waals surface area contributed by atoms with Crippen molar-refractivity contribution in [3.8, 4) is 12.1 Å². The van der Waals surface area contributed by atoms with Crippen LogP contribution in [0.25, 0.3) is 0 Å². The van der Waals surface area contributed by atoms with Crippen molar-refractivity contribution in [3.63, 3.8) is 0 Å². The fourth-order valence-electron chi connectivity index (χ4n) is 2.22. The lowest BCUT2D eigenvalue weighted by molar-refractivity contribution is 0.866. The lowest BCUT2D eigenvalue weighted by Gasteiger charge is -2.20. The first-order valence-corrected chi connectivity index (χ1v) is 7.42.